The Balaban J connectivity index is 4.18. The molecule has 0 aromatic carbocycles. The maximum atomic E-state index is 12.7. The summed E-state index contributed by atoms with van der Waals surface area (Å²) in [6, 6.07) is 0. The Hall–Kier alpha value is -2.14. The monoisotopic (exact) mass is 841 g/mol. The molecule has 0 aromatic heterocycles. The zero-order valence-electron chi connectivity index (χ0n) is 40.2. The molecule has 0 heterocycles. The largest absolute Gasteiger partial charge is 0.462 e. The highest BCUT2D eigenvalue weighted by Crippen LogP contribution is 2.15. The van der Waals surface area contributed by atoms with Gasteiger partial charge in [0.25, 0.3) is 0 Å². The van der Waals surface area contributed by atoms with Gasteiger partial charge in [-0.2, -0.15) is 0 Å². The summed E-state index contributed by atoms with van der Waals surface area (Å²) in [7, 11) is 0. The number of carbonyl (C=O) groups is 2. The van der Waals surface area contributed by atoms with Crippen LogP contribution in [0.15, 0.2) is 48.6 Å². The number of ether oxygens (including phenoxy) is 3. The van der Waals surface area contributed by atoms with Gasteiger partial charge in [0.1, 0.15) is 6.61 Å². The lowest BCUT2D eigenvalue weighted by Gasteiger charge is -2.18. The number of carbonyl (C=O) groups excluding carboxylic acids is 2. The molecule has 5 heteroatoms. The second-order valence-corrected chi connectivity index (χ2v) is 17.4. The minimum absolute atomic E-state index is 0.0813. The molecule has 1 atom stereocenters. The molecule has 0 radical (unpaired) electrons. The topological polar surface area (TPSA) is 61.8 Å². The standard InChI is InChI=1S/C55H100O5/c1-4-7-10-13-16-19-21-23-25-27-28-29-30-32-34-37-39-42-45-48-54(56)59-52-53(60-55(57)49-46-43-40-36-18-15-12-9-6-3)51-58-50-47-44-41-38-35-33-31-26-24-22-20-17-14-11-8-5-2/h16-17,19-20,23-26,53H,4-15,18,21-22,27-52H2,1-3H3/b19-16-,20-17-,25-23-,26-24-. The maximum Gasteiger partial charge on any atom is 0.306 e. The van der Waals surface area contributed by atoms with E-state index in [9.17, 15) is 9.59 Å². The van der Waals surface area contributed by atoms with E-state index in [0.29, 0.717) is 19.4 Å². The van der Waals surface area contributed by atoms with E-state index in [2.05, 4.69) is 69.4 Å². The highest BCUT2D eigenvalue weighted by Gasteiger charge is 2.17. The molecule has 0 aliphatic carbocycles. The molecule has 350 valence electrons. The van der Waals surface area contributed by atoms with Crippen LogP contribution in [-0.4, -0.2) is 37.9 Å². The summed E-state index contributed by atoms with van der Waals surface area (Å²) in [6.07, 6.45) is 62.6. The van der Waals surface area contributed by atoms with Gasteiger partial charge >= 0.3 is 11.9 Å². The molecule has 0 fully saturated rings. The van der Waals surface area contributed by atoms with Crippen LogP contribution < -0.4 is 0 Å². The van der Waals surface area contributed by atoms with Gasteiger partial charge in [-0.05, 0) is 83.5 Å². The average Bonchev–Trinajstić information content (AvgIpc) is 3.25. The summed E-state index contributed by atoms with van der Waals surface area (Å²) in [4.78, 5) is 25.3. The van der Waals surface area contributed by atoms with Crippen molar-refractivity contribution in [2.75, 3.05) is 19.8 Å². The number of esters is 2. The third kappa shape index (κ3) is 48.5. The zero-order chi connectivity index (χ0) is 43.5. The Labute approximate surface area is 373 Å². The lowest BCUT2D eigenvalue weighted by atomic mass is 10.1. The summed E-state index contributed by atoms with van der Waals surface area (Å²) in [5.41, 5.74) is 0. The SMILES string of the molecule is CCCCC/C=C\C/C=C\CCCCCCCCCCCC(=O)OCC(COCCCCCCCC/C=C\C/C=C\CCCCC)OC(=O)CCCCCCCCCCC. The fraction of sp³-hybridized carbons (Fsp3) is 0.818. The lowest BCUT2D eigenvalue weighted by molar-refractivity contribution is -0.163. The van der Waals surface area contributed by atoms with Gasteiger partial charge in [-0.3, -0.25) is 9.59 Å². The predicted molar refractivity (Wildman–Crippen MR) is 261 cm³/mol. The van der Waals surface area contributed by atoms with E-state index in [1.165, 1.54) is 180 Å². The minimum atomic E-state index is -0.539. The molecule has 0 spiro atoms. The van der Waals surface area contributed by atoms with Crippen molar-refractivity contribution >= 4 is 11.9 Å². The van der Waals surface area contributed by atoms with Crippen LogP contribution in [0.25, 0.3) is 0 Å². The second-order valence-electron chi connectivity index (χ2n) is 17.4. The van der Waals surface area contributed by atoms with E-state index in [0.717, 1.165) is 51.4 Å². The minimum Gasteiger partial charge on any atom is -0.462 e. The van der Waals surface area contributed by atoms with Crippen molar-refractivity contribution in [3.63, 3.8) is 0 Å². The Morgan fingerprint density at radius 1 is 0.367 bits per heavy atom. The average molecular weight is 841 g/mol. The maximum absolute atomic E-state index is 12.7. The van der Waals surface area contributed by atoms with E-state index < -0.39 is 6.10 Å². The molecule has 0 amide bonds. The van der Waals surface area contributed by atoms with Crippen molar-refractivity contribution in [1.82, 2.24) is 0 Å². The number of rotatable bonds is 48. The van der Waals surface area contributed by atoms with Crippen LogP contribution in [0, 0.1) is 0 Å². The van der Waals surface area contributed by atoms with E-state index in [4.69, 9.17) is 14.2 Å². The van der Waals surface area contributed by atoms with Crippen molar-refractivity contribution in [3.05, 3.63) is 48.6 Å². The first kappa shape index (κ1) is 57.9. The Morgan fingerprint density at radius 2 is 0.700 bits per heavy atom. The molecule has 0 N–H and O–H groups in total. The van der Waals surface area contributed by atoms with Gasteiger partial charge in [0.2, 0.25) is 0 Å². The first-order valence-electron chi connectivity index (χ1n) is 26.2. The summed E-state index contributed by atoms with van der Waals surface area (Å²) < 4.78 is 17.4. The van der Waals surface area contributed by atoms with Crippen LogP contribution in [0.4, 0.5) is 0 Å². The number of unbranched alkanes of at least 4 members (excludes halogenated alkanes) is 29. The molecule has 0 aliphatic heterocycles. The van der Waals surface area contributed by atoms with Crippen LogP contribution >= 0.6 is 0 Å². The summed E-state index contributed by atoms with van der Waals surface area (Å²) in [6.45, 7) is 7.76. The van der Waals surface area contributed by atoms with Gasteiger partial charge in [-0.15, -0.1) is 0 Å². The summed E-state index contributed by atoms with van der Waals surface area (Å²) in [5.74, 6) is -0.401. The molecular weight excluding hydrogens is 741 g/mol. The molecule has 0 aromatic rings. The fourth-order valence-electron chi connectivity index (χ4n) is 7.39. The van der Waals surface area contributed by atoms with E-state index in [1.54, 1.807) is 0 Å². The smallest absolute Gasteiger partial charge is 0.306 e. The van der Waals surface area contributed by atoms with Gasteiger partial charge in [0.05, 0.1) is 6.61 Å². The van der Waals surface area contributed by atoms with Gasteiger partial charge in [-0.25, -0.2) is 0 Å². The van der Waals surface area contributed by atoms with Crippen LogP contribution in [0.5, 0.6) is 0 Å². The van der Waals surface area contributed by atoms with E-state index >= 15 is 0 Å². The van der Waals surface area contributed by atoms with Crippen molar-refractivity contribution in [2.45, 2.75) is 271 Å². The van der Waals surface area contributed by atoms with Crippen LogP contribution in [0.3, 0.4) is 0 Å². The van der Waals surface area contributed by atoms with Crippen molar-refractivity contribution in [3.8, 4) is 0 Å². The molecular formula is C55H100O5. The second kappa shape index (κ2) is 51.2. The van der Waals surface area contributed by atoms with E-state index in [-0.39, 0.29) is 25.2 Å². The Kier molecular flexibility index (Phi) is 49.4. The van der Waals surface area contributed by atoms with Gasteiger partial charge < -0.3 is 14.2 Å². The quantitative estimate of drug-likeness (QED) is 0.0347. The first-order chi connectivity index (χ1) is 29.6. The molecule has 0 bridgehead atoms. The van der Waals surface area contributed by atoms with Gasteiger partial charge in [-0.1, -0.05) is 217 Å². The molecule has 60 heavy (non-hydrogen) atoms. The van der Waals surface area contributed by atoms with Crippen molar-refractivity contribution in [1.29, 1.82) is 0 Å². The highest BCUT2D eigenvalue weighted by molar-refractivity contribution is 5.70. The third-order valence-corrected chi connectivity index (χ3v) is 11.3. The van der Waals surface area contributed by atoms with Crippen molar-refractivity contribution < 1.29 is 23.8 Å². The van der Waals surface area contributed by atoms with Crippen LogP contribution in [0.1, 0.15) is 265 Å². The molecule has 5 nitrogen and oxygen atoms in total. The molecule has 0 saturated carbocycles. The fourth-order valence-corrected chi connectivity index (χ4v) is 7.39. The van der Waals surface area contributed by atoms with Crippen LogP contribution in [0.2, 0.25) is 0 Å². The van der Waals surface area contributed by atoms with E-state index in [1.807, 2.05) is 0 Å². The van der Waals surface area contributed by atoms with Crippen LogP contribution in [-0.2, 0) is 23.8 Å². The third-order valence-electron chi connectivity index (χ3n) is 11.3. The first-order valence-corrected chi connectivity index (χ1v) is 26.2. The molecule has 0 rings (SSSR count). The zero-order valence-corrected chi connectivity index (χ0v) is 40.2. The van der Waals surface area contributed by atoms with Gasteiger partial charge in [0.15, 0.2) is 6.10 Å². The Morgan fingerprint density at radius 3 is 1.13 bits per heavy atom. The Bertz CT molecular complexity index is 997. The number of allylic oxidation sites excluding steroid dienone is 8. The molecule has 0 saturated heterocycles. The summed E-state index contributed by atoms with van der Waals surface area (Å²) in [5, 5.41) is 0. The van der Waals surface area contributed by atoms with Crippen molar-refractivity contribution in [2.24, 2.45) is 0 Å². The molecule has 0 aliphatic rings. The highest BCUT2D eigenvalue weighted by atomic mass is 16.6. The molecule has 1 unspecified atom stereocenters. The lowest BCUT2D eigenvalue weighted by Crippen LogP contribution is -2.30. The number of hydrogen-bond donors (Lipinski definition) is 0. The number of hydrogen-bond acceptors (Lipinski definition) is 5. The normalized spacial score (nSPS) is 12.5. The summed E-state index contributed by atoms with van der Waals surface area (Å²) >= 11 is 0. The van der Waals surface area contributed by atoms with Gasteiger partial charge in [0, 0.05) is 19.4 Å². The predicted octanol–water partition coefficient (Wildman–Crippen LogP) is 17.6.